The molecule has 0 aliphatic carbocycles. The van der Waals surface area contributed by atoms with Crippen molar-refractivity contribution < 1.29 is 9.78 Å². The number of hydrogen-bond acceptors (Lipinski definition) is 2. The molecule has 1 unspecified atom stereocenters. The minimum Gasteiger partial charge on any atom is -0.240 e. The van der Waals surface area contributed by atoms with Crippen LogP contribution in [0.1, 0.15) is 20.8 Å². The molecule has 0 aromatic rings. The summed E-state index contributed by atoms with van der Waals surface area (Å²) in [5, 5.41) is 0. The van der Waals surface area contributed by atoms with Crippen molar-refractivity contribution in [3.8, 4) is 0 Å². The van der Waals surface area contributed by atoms with Gasteiger partial charge in [-0.15, -0.1) is 0 Å². The quantitative estimate of drug-likeness (QED) is 0.377. The van der Waals surface area contributed by atoms with Gasteiger partial charge >= 0.3 is 0 Å². The first-order chi connectivity index (χ1) is 5.33. The van der Waals surface area contributed by atoms with E-state index in [1.807, 2.05) is 6.92 Å². The van der Waals surface area contributed by atoms with Crippen LogP contribution in [0.25, 0.3) is 0 Å². The van der Waals surface area contributed by atoms with Gasteiger partial charge in [0.05, 0.1) is 20.4 Å². The molecule has 0 bridgehead atoms. The summed E-state index contributed by atoms with van der Waals surface area (Å²) < 4.78 is 0. The lowest BCUT2D eigenvalue weighted by atomic mass is 10.1. The van der Waals surface area contributed by atoms with Gasteiger partial charge in [0, 0.05) is 0 Å². The van der Waals surface area contributed by atoms with Gasteiger partial charge in [0.25, 0.3) is 0 Å². The van der Waals surface area contributed by atoms with Crippen molar-refractivity contribution in [2.45, 2.75) is 46.5 Å². The molecule has 2 nitrogen and oxygen atoms in total. The highest BCUT2D eigenvalue weighted by molar-refractivity contribution is 6.76. The lowest BCUT2D eigenvalue weighted by Crippen LogP contribution is -2.30. The van der Waals surface area contributed by atoms with Crippen LogP contribution in [0.15, 0.2) is 0 Å². The Kier molecular flexibility index (Phi) is 5.05. The van der Waals surface area contributed by atoms with Crippen LogP contribution in [0.3, 0.4) is 0 Å². The minimum absolute atomic E-state index is 0.196. The summed E-state index contributed by atoms with van der Waals surface area (Å²) in [5.41, 5.74) is 0. The predicted octanol–water partition coefficient (Wildman–Crippen LogP) is 2.86. The Labute approximate surface area is 77.2 Å². The maximum Gasteiger partial charge on any atom is 0.0924 e. The molecule has 0 N–H and O–H groups in total. The topological polar surface area (TPSA) is 18.5 Å². The fourth-order valence-corrected chi connectivity index (χ4v) is 0.851. The van der Waals surface area contributed by atoms with E-state index >= 15 is 0 Å². The Morgan fingerprint density at radius 2 is 1.58 bits per heavy atom. The first-order valence-corrected chi connectivity index (χ1v) is 8.32. The molecule has 0 radical (unpaired) electrons. The molecule has 0 aromatic heterocycles. The molecule has 0 fully saturated rings. The second-order valence-corrected chi connectivity index (χ2v) is 10.3. The fourth-order valence-electron chi connectivity index (χ4n) is 0.429. The molecule has 0 aromatic carbocycles. The molecule has 3 heteroatoms. The van der Waals surface area contributed by atoms with Crippen LogP contribution in [0.2, 0.25) is 19.6 Å². The van der Waals surface area contributed by atoms with Crippen molar-refractivity contribution in [3.63, 3.8) is 0 Å². The summed E-state index contributed by atoms with van der Waals surface area (Å²) >= 11 is 0. The molecule has 0 saturated heterocycles. The van der Waals surface area contributed by atoms with Crippen LogP contribution >= 0.6 is 0 Å². The smallest absolute Gasteiger partial charge is 0.0924 e. The summed E-state index contributed by atoms with van der Waals surface area (Å²) in [6.45, 7) is 13.1. The lowest BCUT2D eigenvalue weighted by Gasteiger charge is -2.19. The summed E-state index contributed by atoms with van der Waals surface area (Å²) in [6.07, 6.45) is 0.977. The van der Waals surface area contributed by atoms with Crippen molar-refractivity contribution in [1.29, 1.82) is 0 Å². The molecule has 0 spiro atoms. The van der Waals surface area contributed by atoms with Gasteiger partial charge in [0.1, 0.15) is 0 Å². The number of hydrogen-bond donors (Lipinski definition) is 0. The van der Waals surface area contributed by atoms with Gasteiger partial charge in [-0.2, -0.15) is 0 Å². The third-order valence-corrected chi connectivity index (χ3v) is 2.63. The fraction of sp³-hybridized carbons (Fsp3) is 1.00. The highest BCUT2D eigenvalue weighted by Gasteiger charge is 2.15. The molecule has 0 rings (SSSR count). The Morgan fingerprint density at radius 3 is 1.92 bits per heavy atom. The van der Waals surface area contributed by atoms with Gasteiger partial charge in [-0.05, 0) is 12.8 Å². The van der Waals surface area contributed by atoms with E-state index in [0.717, 1.165) is 6.23 Å². The van der Waals surface area contributed by atoms with Crippen molar-refractivity contribution in [1.82, 2.24) is 0 Å². The average Bonchev–Trinajstić information content (AvgIpc) is 1.84. The number of rotatable bonds is 5. The molecule has 0 heterocycles. The second-order valence-electron chi connectivity index (χ2n) is 4.87. The van der Waals surface area contributed by atoms with Crippen LogP contribution in [0.4, 0.5) is 0 Å². The van der Waals surface area contributed by atoms with Crippen molar-refractivity contribution in [2.24, 2.45) is 5.92 Å². The van der Waals surface area contributed by atoms with E-state index in [2.05, 4.69) is 33.5 Å². The Morgan fingerprint density at radius 1 is 1.08 bits per heavy atom. The zero-order valence-electron chi connectivity index (χ0n) is 9.18. The summed E-state index contributed by atoms with van der Waals surface area (Å²) in [6, 6.07) is 0. The molecular formula is C9H22O2Si. The van der Waals surface area contributed by atoms with Crippen LogP contribution in [-0.2, 0) is 9.78 Å². The first kappa shape index (κ1) is 12.1. The van der Waals surface area contributed by atoms with Gasteiger partial charge in [-0.25, -0.2) is 9.78 Å². The van der Waals surface area contributed by atoms with Crippen LogP contribution in [0.5, 0.6) is 0 Å². The van der Waals surface area contributed by atoms with E-state index in [0.29, 0.717) is 5.92 Å². The first-order valence-electron chi connectivity index (χ1n) is 4.61. The Balaban J connectivity index is 3.44. The SMILES string of the molecule is CC(C)C(C)OOC[Si](C)(C)C. The lowest BCUT2D eigenvalue weighted by molar-refractivity contribution is -0.317. The highest BCUT2D eigenvalue weighted by Crippen LogP contribution is 2.07. The summed E-state index contributed by atoms with van der Waals surface area (Å²) in [4.78, 5) is 10.4. The van der Waals surface area contributed by atoms with Crippen molar-refractivity contribution >= 4 is 8.07 Å². The zero-order valence-corrected chi connectivity index (χ0v) is 10.2. The molecule has 0 aliphatic rings. The van der Waals surface area contributed by atoms with Gasteiger partial charge in [-0.1, -0.05) is 33.5 Å². The zero-order chi connectivity index (χ0) is 9.78. The largest absolute Gasteiger partial charge is 0.240 e. The maximum absolute atomic E-state index is 5.21. The molecule has 0 amide bonds. The van der Waals surface area contributed by atoms with Crippen molar-refractivity contribution in [3.05, 3.63) is 0 Å². The highest BCUT2D eigenvalue weighted by atomic mass is 28.3. The maximum atomic E-state index is 5.21. The Bertz CT molecular complexity index is 118. The van der Waals surface area contributed by atoms with E-state index < -0.39 is 8.07 Å². The normalized spacial score (nSPS) is 15.2. The van der Waals surface area contributed by atoms with Crippen LogP contribution < -0.4 is 0 Å². The molecular weight excluding hydrogens is 168 g/mol. The average molecular weight is 190 g/mol. The van der Waals surface area contributed by atoms with Gasteiger partial charge in [0.2, 0.25) is 0 Å². The third-order valence-electron chi connectivity index (χ3n) is 1.65. The molecule has 12 heavy (non-hydrogen) atoms. The summed E-state index contributed by atoms with van der Waals surface area (Å²) in [7, 11) is -1.11. The molecule has 74 valence electrons. The molecule has 1 atom stereocenters. The third kappa shape index (κ3) is 6.82. The van der Waals surface area contributed by atoms with E-state index in [-0.39, 0.29) is 6.10 Å². The van der Waals surface area contributed by atoms with E-state index in [1.54, 1.807) is 0 Å². The van der Waals surface area contributed by atoms with Crippen molar-refractivity contribution in [2.75, 3.05) is 6.23 Å². The second kappa shape index (κ2) is 4.99. The minimum atomic E-state index is -1.11. The van der Waals surface area contributed by atoms with E-state index in [1.165, 1.54) is 0 Å². The van der Waals surface area contributed by atoms with Gasteiger partial charge in [-0.3, -0.25) is 0 Å². The van der Waals surface area contributed by atoms with Crippen LogP contribution in [0, 0.1) is 5.92 Å². The van der Waals surface area contributed by atoms with Gasteiger partial charge in [0.15, 0.2) is 0 Å². The van der Waals surface area contributed by atoms with E-state index in [9.17, 15) is 0 Å². The predicted molar refractivity (Wildman–Crippen MR) is 54.7 cm³/mol. The van der Waals surface area contributed by atoms with E-state index in [4.69, 9.17) is 9.78 Å². The standard InChI is InChI=1S/C9H22O2Si/c1-8(2)9(3)11-10-7-12(4,5)6/h8-9H,7H2,1-6H3. The van der Waals surface area contributed by atoms with Crippen LogP contribution in [-0.4, -0.2) is 20.4 Å². The molecule has 0 aliphatic heterocycles. The van der Waals surface area contributed by atoms with Gasteiger partial charge < -0.3 is 0 Å². The molecule has 0 saturated carbocycles. The monoisotopic (exact) mass is 190 g/mol. The Hall–Kier alpha value is 0.137. The summed E-state index contributed by atoms with van der Waals surface area (Å²) in [5.74, 6) is 0.520.